The molecule has 0 aliphatic rings. The molecular formula is C17H21FN2O2S. The number of halogens is 1. The minimum Gasteiger partial charge on any atom is -0.308 e. The highest BCUT2D eigenvalue weighted by atomic mass is 32.2. The van der Waals surface area contributed by atoms with Gasteiger partial charge in [-0.2, -0.15) is 0 Å². The highest BCUT2D eigenvalue weighted by molar-refractivity contribution is 7.92. The second-order valence-electron chi connectivity index (χ2n) is 5.56. The third kappa shape index (κ3) is 4.77. The number of anilines is 1. The summed E-state index contributed by atoms with van der Waals surface area (Å²) in [6, 6.07) is 14.9. The molecule has 0 fully saturated rings. The molecular weight excluding hydrogens is 315 g/mol. The van der Waals surface area contributed by atoms with Gasteiger partial charge in [0.05, 0.1) is 11.4 Å². The zero-order chi connectivity index (χ0) is 16.9. The monoisotopic (exact) mass is 336 g/mol. The van der Waals surface area contributed by atoms with E-state index in [0.29, 0.717) is 18.8 Å². The minimum absolute atomic E-state index is 0.179. The summed E-state index contributed by atoms with van der Waals surface area (Å²) in [5, 5.41) is 0. The number of rotatable bonds is 7. The van der Waals surface area contributed by atoms with Crippen molar-refractivity contribution in [2.75, 3.05) is 31.5 Å². The first-order valence-corrected chi connectivity index (χ1v) is 8.94. The Labute approximate surface area is 137 Å². The van der Waals surface area contributed by atoms with Crippen LogP contribution in [0, 0.1) is 5.82 Å². The van der Waals surface area contributed by atoms with E-state index in [1.807, 2.05) is 25.1 Å². The molecule has 0 bridgehead atoms. The molecule has 0 amide bonds. The van der Waals surface area contributed by atoms with Crippen LogP contribution in [0.4, 0.5) is 10.1 Å². The lowest BCUT2D eigenvalue weighted by Gasteiger charge is -2.26. The second-order valence-corrected chi connectivity index (χ2v) is 7.45. The maximum atomic E-state index is 13.8. The van der Waals surface area contributed by atoms with Crippen LogP contribution in [-0.2, 0) is 15.8 Å². The first-order chi connectivity index (χ1) is 10.9. The van der Waals surface area contributed by atoms with Crippen molar-refractivity contribution in [3.8, 4) is 0 Å². The molecule has 0 spiro atoms. The van der Waals surface area contributed by atoms with E-state index in [1.54, 1.807) is 36.4 Å². The first-order valence-electron chi connectivity index (χ1n) is 7.34. The van der Waals surface area contributed by atoms with Crippen molar-refractivity contribution >= 4 is 15.7 Å². The van der Waals surface area contributed by atoms with E-state index in [9.17, 15) is 12.8 Å². The number of benzene rings is 2. The number of hydrogen-bond acceptors (Lipinski definition) is 3. The molecule has 124 valence electrons. The molecule has 0 unspecified atom stereocenters. The summed E-state index contributed by atoms with van der Waals surface area (Å²) < 4.78 is 40.8. The molecule has 0 aromatic heterocycles. The van der Waals surface area contributed by atoms with Crippen LogP contribution in [0.25, 0.3) is 0 Å². The molecule has 0 saturated heterocycles. The van der Waals surface area contributed by atoms with Gasteiger partial charge < -0.3 is 4.90 Å². The molecule has 0 radical (unpaired) electrons. The largest absolute Gasteiger partial charge is 0.308 e. The van der Waals surface area contributed by atoms with Crippen molar-refractivity contribution in [1.82, 2.24) is 4.90 Å². The molecule has 2 aromatic rings. The lowest BCUT2D eigenvalue weighted by atomic mass is 10.2. The third-order valence-corrected chi connectivity index (χ3v) is 5.17. The average molecular weight is 336 g/mol. The van der Waals surface area contributed by atoms with E-state index in [1.165, 1.54) is 16.4 Å². The Hall–Kier alpha value is -1.92. The van der Waals surface area contributed by atoms with E-state index in [2.05, 4.69) is 0 Å². The number of nitrogens with zero attached hydrogens (tertiary/aromatic N) is 2. The van der Waals surface area contributed by atoms with Crippen molar-refractivity contribution in [3.05, 3.63) is 66.0 Å². The topological polar surface area (TPSA) is 40.6 Å². The van der Waals surface area contributed by atoms with Gasteiger partial charge in [0.15, 0.2) is 0 Å². The van der Waals surface area contributed by atoms with E-state index in [-0.39, 0.29) is 11.3 Å². The number of hydrogen-bond donors (Lipinski definition) is 0. The van der Waals surface area contributed by atoms with Gasteiger partial charge in [-0.1, -0.05) is 36.4 Å². The molecule has 0 aliphatic carbocycles. The van der Waals surface area contributed by atoms with Gasteiger partial charge in [0.25, 0.3) is 0 Å². The van der Waals surface area contributed by atoms with Crippen LogP contribution in [-0.4, -0.2) is 40.5 Å². The zero-order valence-electron chi connectivity index (χ0n) is 13.3. The van der Waals surface area contributed by atoms with Gasteiger partial charge in [0.2, 0.25) is 10.0 Å². The van der Waals surface area contributed by atoms with Gasteiger partial charge in [-0.05, 0) is 32.3 Å². The van der Waals surface area contributed by atoms with Gasteiger partial charge in [0, 0.05) is 18.7 Å². The number of para-hydroxylation sites is 1. The van der Waals surface area contributed by atoms with Crippen LogP contribution < -0.4 is 4.31 Å². The van der Waals surface area contributed by atoms with E-state index >= 15 is 0 Å². The normalized spacial score (nSPS) is 11.7. The van der Waals surface area contributed by atoms with Gasteiger partial charge in [0.1, 0.15) is 5.82 Å². The Morgan fingerprint density at radius 2 is 1.52 bits per heavy atom. The number of likely N-dealkylation sites (N-methyl/N-ethyl adjacent to an activating group) is 1. The Kier molecular flexibility index (Phi) is 5.74. The molecule has 0 heterocycles. The molecule has 6 heteroatoms. The van der Waals surface area contributed by atoms with Crippen LogP contribution >= 0.6 is 0 Å². The molecule has 23 heavy (non-hydrogen) atoms. The zero-order valence-corrected chi connectivity index (χ0v) is 14.1. The summed E-state index contributed by atoms with van der Waals surface area (Å²) in [6.45, 7) is 0.888. The first kappa shape index (κ1) is 17.4. The third-order valence-electron chi connectivity index (χ3n) is 3.43. The van der Waals surface area contributed by atoms with Crippen LogP contribution in [0.15, 0.2) is 54.6 Å². The minimum atomic E-state index is -3.68. The molecule has 0 N–H and O–H groups in total. The van der Waals surface area contributed by atoms with Crippen molar-refractivity contribution in [2.24, 2.45) is 0 Å². The predicted molar refractivity (Wildman–Crippen MR) is 91.4 cm³/mol. The lowest BCUT2D eigenvalue weighted by molar-refractivity contribution is 0.419. The van der Waals surface area contributed by atoms with Gasteiger partial charge in [-0.25, -0.2) is 12.8 Å². The van der Waals surface area contributed by atoms with Gasteiger partial charge in [-0.3, -0.25) is 4.31 Å². The van der Waals surface area contributed by atoms with Crippen molar-refractivity contribution in [3.63, 3.8) is 0 Å². The Morgan fingerprint density at radius 3 is 2.13 bits per heavy atom. The van der Waals surface area contributed by atoms with Gasteiger partial charge in [-0.15, -0.1) is 0 Å². The van der Waals surface area contributed by atoms with Crippen molar-refractivity contribution < 1.29 is 12.8 Å². The number of sulfonamides is 1. The maximum absolute atomic E-state index is 13.8. The Bertz CT molecular complexity index is 733. The van der Waals surface area contributed by atoms with Crippen molar-refractivity contribution in [2.45, 2.75) is 5.75 Å². The summed E-state index contributed by atoms with van der Waals surface area (Å²) in [5.74, 6) is -0.862. The molecule has 0 atom stereocenters. The fourth-order valence-electron chi connectivity index (χ4n) is 2.20. The molecule has 2 rings (SSSR count). The Balaban J connectivity index is 2.31. The van der Waals surface area contributed by atoms with Crippen LogP contribution in [0.3, 0.4) is 0 Å². The fraction of sp³-hybridized carbons (Fsp3) is 0.294. The maximum Gasteiger partial charge on any atom is 0.239 e. The van der Waals surface area contributed by atoms with E-state index in [0.717, 1.165) is 0 Å². The quantitative estimate of drug-likeness (QED) is 0.781. The molecule has 0 saturated carbocycles. The lowest BCUT2D eigenvalue weighted by Crippen LogP contribution is -2.37. The fourth-order valence-corrected chi connectivity index (χ4v) is 3.79. The van der Waals surface area contributed by atoms with Crippen LogP contribution in [0.1, 0.15) is 5.56 Å². The predicted octanol–water partition coefficient (Wildman–Crippen LogP) is 2.72. The summed E-state index contributed by atoms with van der Waals surface area (Å²) >= 11 is 0. The molecule has 2 aromatic carbocycles. The van der Waals surface area contributed by atoms with E-state index in [4.69, 9.17) is 0 Å². The standard InChI is InChI=1S/C17H21FN2O2S/c1-19(2)12-13-20(16-9-4-3-5-10-16)23(21,22)14-15-8-6-7-11-17(15)18/h3-11H,12-14H2,1-2H3. The van der Waals surface area contributed by atoms with E-state index < -0.39 is 15.8 Å². The highest BCUT2D eigenvalue weighted by Crippen LogP contribution is 2.21. The summed E-state index contributed by atoms with van der Waals surface area (Å²) in [4.78, 5) is 1.91. The Morgan fingerprint density at radius 1 is 0.913 bits per heavy atom. The molecule has 4 nitrogen and oxygen atoms in total. The molecule has 0 aliphatic heterocycles. The smallest absolute Gasteiger partial charge is 0.239 e. The summed E-state index contributed by atoms with van der Waals surface area (Å²) in [5.41, 5.74) is 0.768. The summed E-state index contributed by atoms with van der Waals surface area (Å²) in [7, 11) is 0.0832. The average Bonchev–Trinajstić information content (AvgIpc) is 2.50. The SMILES string of the molecule is CN(C)CCN(c1ccccc1)S(=O)(=O)Cc1ccccc1F. The highest BCUT2D eigenvalue weighted by Gasteiger charge is 2.24. The van der Waals surface area contributed by atoms with Crippen LogP contribution in [0.5, 0.6) is 0 Å². The van der Waals surface area contributed by atoms with Gasteiger partial charge >= 0.3 is 0 Å². The van der Waals surface area contributed by atoms with Crippen LogP contribution in [0.2, 0.25) is 0 Å². The van der Waals surface area contributed by atoms with Crippen molar-refractivity contribution in [1.29, 1.82) is 0 Å². The summed E-state index contributed by atoms with van der Waals surface area (Å²) in [6.07, 6.45) is 0. The second kappa shape index (κ2) is 7.57.